The summed E-state index contributed by atoms with van der Waals surface area (Å²) in [7, 11) is 1.48. The van der Waals surface area contributed by atoms with Gasteiger partial charge in [0.1, 0.15) is 5.92 Å². The summed E-state index contributed by atoms with van der Waals surface area (Å²) in [6.45, 7) is 0. The average molecular weight is 255 g/mol. The molecule has 0 aromatic heterocycles. The van der Waals surface area contributed by atoms with Crippen LogP contribution in [0.25, 0.3) is 5.57 Å². The zero-order valence-corrected chi connectivity index (χ0v) is 10.4. The van der Waals surface area contributed by atoms with Crippen LogP contribution in [0.5, 0.6) is 0 Å². The number of hydrogen-bond donors (Lipinski definition) is 1. The number of allylic oxidation sites excluding steroid dienone is 2. The van der Waals surface area contributed by atoms with Gasteiger partial charge >= 0.3 is 5.97 Å². The lowest BCUT2D eigenvalue weighted by Crippen LogP contribution is -2.28. The first kappa shape index (κ1) is 13.1. The van der Waals surface area contributed by atoms with Crippen molar-refractivity contribution in [3.05, 3.63) is 53.6 Å². The smallest absolute Gasteiger partial charge is 0.313 e. The van der Waals surface area contributed by atoms with Crippen molar-refractivity contribution in [2.45, 2.75) is 6.10 Å². The van der Waals surface area contributed by atoms with E-state index >= 15 is 0 Å². The number of carboxylic acids is 1. The highest BCUT2D eigenvalue weighted by Gasteiger charge is 2.27. The van der Waals surface area contributed by atoms with E-state index in [1.54, 1.807) is 30.4 Å². The van der Waals surface area contributed by atoms with Crippen molar-refractivity contribution in [3.8, 4) is 6.07 Å². The van der Waals surface area contributed by atoms with E-state index in [-0.39, 0.29) is 0 Å². The van der Waals surface area contributed by atoms with Crippen LogP contribution >= 0.6 is 0 Å². The molecule has 0 saturated carbocycles. The van der Waals surface area contributed by atoms with Gasteiger partial charge in [-0.05, 0) is 23.3 Å². The Labute approximate surface area is 111 Å². The molecule has 19 heavy (non-hydrogen) atoms. The van der Waals surface area contributed by atoms with E-state index in [0.29, 0.717) is 5.56 Å². The number of aliphatic carboxylic acids is 1. The number of ether oxygens (including phenoxy) is 1. The van der Waals surface area contributed by atoms with Gasteiger partial charge in [0, 0.05) is 7.11 Å². The minimum atomic E-state index is -0.924. The Morgan fingerprint density at radius 3 is 2.79 bits per heavy atom. The van der Waals surface area contributed by atoms with Crippen LogP contribution in [0.1, 0.15) is 11.1 Å². The maximum absolute atomic E-state index is 11.1. The van der Waals surface area contributed by atoms with Gasteiger partial charge in [0.25, 0.3) is 0 Å². The Morgan fingerprint density at radius 2 is 2.16 bits per heavy atom. The lowest BCUT2D eigenvalue weighted by molar-refractivity contribution is -0.143. The first-order valence-electron chi connectivity index (χ1n) is 5.82. The molecule has 0 spiro atoms. The Bertz CT molecular complexity index is 596. The van der Waals surface area contributed by atoms with E-state index < -0.39 is 18.0 Å². The Morgan fingerprint density at radius 1 is 1.42 bits per heavy atom. The lowest BCUT2D eigenvalue weighted by Gasteiger charge is -2.22. The minimum absolute atomic E-state index is 0.524. The summed E-state index contributed by atoms with van der Waals surface area (Å²) < 4.78 is 5.20. The molecule has 96 valence electrons. The summed E-state index contributed by atoms with van der Waals surface area (Å²) in [6, 6.07) is 9.33. The third kappa shape index (κ3) is 2.56. The molecule has 1 aromatic rings. The molecular formula is C15H13NO3. The van der Waals surface area contributed by atoms with Crippen LogP contribution in [-0.2, 0) is 9.53 Å². The fourth-order valence-electron chi connectivity index (χ4n) is 2.10. The highest BCUT2D eigenvalue weighted by Crippen LogP contribution is 2.28. The molecule has 4 nitrogen and oxygen atoms in total. The summed E-state index contributed by atoms with van der Waals surface area (Å²) >= 11 is 0. The normalized spacial score (nSPS) is 21.6. The molecule has 4 heteroatoms. The maximum atomic E-state index is 11.1. The molecule has 2 atom stereocenters. The molecule has 0 fully saturated rings. The molecule has 1 aliphatic carbocycles. The van der Waals surface area contributed by atoms with Gasteiger partial charge in [-0.25, -0.2) is 0 Å². The van der Waals surface area contributed by atoms with Crippen LogP contribution < -0.4 is 0 Å². The SMILES string of the molecule is COC1C=C(c2ccccc2C#N)C=CC1C(=O)O. The Kier molecular flexibility index (Phi) is 3.79. The monoisotopic (exact) mass is 255 g/mol. The number of methoxy groups -OCH3 is 1. The molecule has 0 saturated heterocycles. The molecule has 2 unspecified atom stereocenters. The van der Waals surface area contributed by atoms with Gasteiger partial charge in [0.05, 0.1) is 17.7 Å². The van der Waals surface area contributed by atoms with E-state index in [1.807, 2.05) is 12.1 Å². The highest BCUT2D eigenvalue weighted by atomic mass is 16.5. The quantitative estimate of drug-likeness (QED) is 0.899. The molecular weight excluding hydrogens is 242 g/mol. The molecule has 1 aromatic carbocycles. The van der Waals surface area contributed by atoms with Crippen LogP contribution in [-0.4, -0.2) is 24.3 Å². The van der Waals surface area contributed by atoms with Crippen LogP contribution in [0.3, 0.4) is 0 Å². The predicted octanol–water partition coefficient (Wildman–Crippen LogP) is 2.23. The fourth-order valence-corrected chi connectivity index (χ4v) is 2.10. The summed E-state index contributed by atoms with van der Waals surface area (Å²) in [6.07, 6.45) is 4.55. The lowest BCUT2D eigenvalue weighted by atomic mass is 9.89. The molecule has 0 bridgehead atoms. The average Bonchev–Trinajstić information content (AvgIpc) is 2.46. The second-order valence-electron chi connectivity index (χ2n) is 4.20. The van der Waals surface area contributed by atoms with Crippen LogP contribution in [0, 0.1) is 17.2 Å². The number of carboxylic acid groups (broad SMARTS) is 1. The van der Waals surface area contributed by atoms with Crippen LogP contribution in [0.15, 0.2) is 42.5 Å². The number of rotatable bonds is 3. The minimum Gasteiger partial charge on any atom is -0.481 e. The number of benzene rings is 1. The molecule has 2 rings (SSSR count). The molecule has 0 aliphatic heterocycles. The van der Waals surface area contributed by atoms with Gasteiger partial charge in [-0.3, -0.25) is 4.79 Å². The summed E-state index contributed by atoms with van der Waals surface area (Å²) in [5, 5.41) is 18.2. The first-order chi connectivity index (χ1) is 9.17. The Balaban J connectivity index is 2.40. The standard InChI is InChI=1S/C15H13NO3/c1-19-14-8-10(6-7-13(14)15(17)18)12-5-3-2-4-11(12)9-16/h2-8,13-14H,1H3,(H,17,18). The van der Waals surface area contributed by atoms with Crippen molar-refractivity contribution in [1.82, 2.24) is 0 Å². The summed E-state index contributed by atoms with van der Waals surface area (Å²) in [5.41, 5.74) is 2.15. The third-order valence-electron chi connectivity index (χ3n) is 3.10. The van der Waals surface area contributed by atoms with Crippen molar-refractivity contribution in [3.63, 3.8) is 0 Å². The Hall–Kier alpha value is -2.38. The number of nitrogens with zero attached hydrogens (tertiary/aromatic N) is 1. The van der Waals surface area contributed by atoms with Gasteiger partial charge in [0.2, 0.25) is 0 Å². The molecule has 0 heterocycles. The molecule has 0 radical (unpaired) electrons. The largest absolute Gasteiger partial charge is 0.481 e. The van der Waals surface area contributed by atoms with E-state index in [4.69, 9.17) is 15.1 Å². The molecule has 1 N–H and O–H groups in total. The van der Waals surface area contributed by atoms with Crippen LogP contribution in [0.2, 0.25) is 0 Å². The number of hydrogen-bond acceptors (Lipinski definition) is 3. The molecule has 1 aliphatic rings. The second kappa shape index (κ2) is 5.51. The predicted molar refractivity (Wildman–Crippen MR) is 70.2 cm³/mol. The van der Waals surface area contributed by atoms with Gasteiger partial charge in [0.15, 0.2) is 0 Å². The van der Waals surface area contributed by atoms with Gasteiger partial charge in [-0.15, -0.1) is 0 Å². The van der Waals surface area contributed by atoms with Gasteiger partial charge in [-0.1, -0.05) is 30.4 Å². The fraction of sp³-hybridized carbons (Fsp3) is 0.200. The third-order valence-corrected chi connectivity index (χ3v) is 3.10. The van der Waals surface area contributed by atoms with Gasteiger partial charge < -0.3 is 9.84 Å². The summed E-state index contributed by atoms with van der Waals surface area (Å²) in [4.78, 5) is 11.1. The van der Waals surface area contributed by atoms with Crippen LogP contribution in [0.4, 0.5) is 0 Å². The summed E-state index contributed by atoms with van der Waals surface area (Å²) in [5.74, 6) is -1.62. The maximum Gasteiger partial charge on any atom is 0.313 e. The molecule has 0 amide bonds. The topological polar surface area (TPSA) is 70.3 Å². The second-order valence-corrected chi connectivity index (χ2v) is 4.20. The zero-order valence-electron chi connectivity index (χ0n) is 10.4. The number of nitriles is 1. The first-order valence-corrected chi connectivity index (χ1v) is 5.82. The van der Waals surface area contributed by atoms with Crippen molar-refractivity contribution < 1.29 is 14.6 Å². The highest BCUT2D eigenvalue weighted by molar-refractivity contribution is 5.83. The zero-order chi connectivity index (χ0) is 13.8. The van der Waals surface area contributed by atoms with Crippen molar-refractivity contribution in [2.75, 3.05) is 7.11 Å². The van der Waals surface area contributed by atoms with Gasteiger partial charge in [-0.2, -0.15) is 5.26 Å². The van der Waals surface area contributed by atoms with E-state index in [1.165, 1.54) is 7.11 Å². The van der Waals surface area contributed by atoms with Crippen molar-refractivity contribution in [1.29, 1.82) is 5.26 Å². The van der Waals surface area contributed by atoms with Crippen molar-refractivity contribution >= 4 is 11.5 Å². The number of carbonyl (C=O) groups is 1. The van der Waals surface area contributed by atoms with E-state index in [2.05, 4.69) is 6.07 Å². The van der Waals surface area contributed by atoms with E-state index in [0.717, 1.165) is 11.1 Å². The van der Waals surface area contributed by atoms with Crippen molar-refractivity contribution in [2.24, 2.45) is 5.92 Å². The van der Waals surface area contributed by atoms with E-state index in [9.17, 15) is 4.79 Å².